The van der Waals surface area contributed by atoms with Gasteiger partial charge in [-0.15, -0.1) is 0 Å². The third-order valence-corrected chi connectivity index (χ3v) is 4.15. The summed E-state index contributed by atoms with van der Waals surface area (Å²) in [6.45, 7) is 4.68. The zero-order valence-corrected chi connectivity index (χ0v) is 12.4. The maximum Gasteiger partial charge on any atom is 0.224 e. The van der Waals surface area contributed by atoms with Gasteiger partial charge >= 0.3 is 0 Å². The molecule has 1 aromatic carbocycles. The van der Waals surface area contributed by atoms with Gasteiger partial charge in [0.25, 0.3) is 0 Å². The zero-order valence-electron chi connectivity index (χ0n) is 11.6. The second-order valence-electron chi connectivity index (χ2n) is 5.74. The number of carbonyl (C=O) groups is 1. The Morgan fingerprint density at radius 3 is 3.00 bits per heavy atom. The van der Waals surface area contributed by atoms with Gasteiger partial charge in [0.15, 0.2) is 0 Å². The molecule has 1 aliphatic rings. The molecule has 5 heteroatoms. The van der Waals surface area contributed by atoms with E-state index in [9.17, 15) is 9.18 Å². The number of carbonyl (C=O) groups excluding carboxylic acids is 1. The number of benzene rings is 1. The average Bonchev–Trinajstić information content (AvgIpc) is 2.42. The number of halogens is 2. The molecule has 0 saturated carbocycles. The molecular formula is C15H20ClFN2O. The minimum atomic E-state index is -0.432. The van der Waals surface area contributed by atoms with Gasteiger partial charge in [0.1, 0.15) is 5.82 Å². The van der Waals surface area contributed by atoms with Gasteiger partial charge in [-0.25, -0.2) is 4.39 Å². The van der Waals surface area contributed by atoms with Crippen LogP contribution in [0.2, 0.25) is 5.02 Å². The summed E-state index contributed by atoms with van der Waals surface area (Å²) in [6.07, 6.45) is 2.18. The van der Waals surface area contributed by atoms with Crippen LogP contribution >= 0.6 is 11.6 Å². The van der Waals surface area contributed by atoms with Crippen LogP contribution in [0.5, 0.6) is 0 Å². The number of hydrogen-bond acceptors (Lipinski definition) is 2. The minimum Gasteiger partial charge on any atom is -0.355 e. The fourth-order valence-corrected chi connectivity index (χ4v) is 2.74. The van der Waals surface area contributed by atoms with E-state index >= 15 is 0 Å². The Kier molecular flexibility index (Phi) is 5.00. The highest BCUT2D eigenvalue weighted by Crippen LogP contribution is 2.24. The summed E-state index contributed by atoms with van der Waals surface area (Å²) in [5, 5.41) is 6.52. The monoisotopic (exact) mass is 298 g/mol. The van der Waals surface area contributed by atoms with Crippen LogP contribution in [0, 0.1) is 11.2 Å². The van der Waals surface area contributed by atoms with E-state index in [1.54, 1.807) is 6.07 Å². The molecule has 1 saturated heterocycles. The van der Waals surface area contributed by atoms with Gasteiger partial charge in [-0.3, -0.25) is 4.79 Å². The molecule has 1 heterocycles. The molecule has 0 spiro atoms. The molecule has 0 bridgehead atoms. The van der Waals surface area contributed by atoms with Crippen molar-refractivity contribution in [3.8, 4) is 0 Å². The first-order chi connectivity index (χ1) is 9.50. The van der Waals surface area contributed by atoms with Crippen molar-refractivity contribution in [3.05, 3.63) is 34.6 Å². The number of rotatable bonds is 4. The quantitative estimate of drug-likeness (QED) is 0.897. The molecule has 20 heavy (non-hydrogen) atoms. The Balaban J connectivity index is 1.89. The van der Waals surface area contributed by atoms with E-state index in [4.69, 9.17) is 11.6 Å². The number of hydrogen-bond donors (Lipinski definition) is 2. The van der Waals surface area contributed by atoms with Crippen LogP contribution in [0.3, 0.4) is 0 Å². The molecule has 2 rings (SSSR count). The van der Waals surface area contributed by atoms with E-state index in [-0.39, 0.29) is 23.3 Å². The summed E-state index contributed by atoms with van der Waals surface area (Å²) < 4.78 is 13.6. The van der Waals surface area contributed by atoms with E-state index in [2.05, 4.69) is 17.6 Å². The summed E-state index contributed by atoms with van der Waals surface area (Å²) in [4.78, 5) is 11.9. The third-order valence-electron chi connectivity index (χ3n) is 3.80. The molecule has 1 aliphatic heterocycles. The van der Waals surface area contributed by atoms with Crippen molar-refractivity contribution in [2.24, 2.45) is 5.41 Å². The molecule has 2 N–H and O–H groups in total. The van der Waals surface area contributed by atoms with Crippen molar-refractivity contribution in [1.82, 2.24) is 10.6 Å². The lowest BCUT2D eigenvalue weighted by Gasteiger charge is -2.34. The molecule has 1 aromatic rings. The Morgan fingerprint density at radius 2 is 2.35 bits per heavy atom. The van der Waals surface area contributed by atoms with Crippen molar-refractivity contribution >= 4 is 17.5 Å². The summed E-state index contributed by atoms with van der Waals surface area (Å²) >= 11 is 5.92. The lowest BCUT2D eigenvalue weighted by molar-refractivity contribution is -0.121. The number of piperidine rings is 1. The summed E-state index contributed by atoms with van der Waals surface area (Å²) in [6, 6.07) is 4.45. The van der Waals surface area contributed by atoms with E-state index in [1.807, 2.05) is 0 Å². The van der Waals surface area contributed by atoms with Gasteiger partial charge in [0, 0.05) is 23.7 Å². The van der Waals surface area contributed by atoms with Crippen LogP contribution in [-0.2, 0) is 11.2 Å². The van der Waals surface area contributed by atoms with Gasteiger partial charge in [-0.2, -0.15) is 0 Å². The Labute approximate surface area is 123 Å². The highest BCUT2D eigenvalue weighted by Gasteiger charge is 2.27. The van der Waals surface area contributed by atoms with Gasteiger partial charge < -0.3 is 10.6 Å². The van der Waals surface area contributed by atoms with E-state index < -0.39 is 5.82 Å². The van der Waals surface area contributed by atoms with E-state index in [1.165, 1.54) is 12.1 Å². The summed E-state index contributed by atoms with van der Waals surface area (Å²) in [7, 11) is 0. The van der Waals surface area contributed by atoms with Crippen LogP contribution in [-0.4, -0.2) is 25.5 Å². The van der Waals surface area contributed by atoms with Crippen molar-refractivity contribution in [2.75, 3.05) is 19.6 Å². The molecule has 1 unspecified atom stereocenters. The topological polar surface area (TPSA) is 41.1 Å². The first kappa shape index (κ1) is 15.3. The lowest BCUT2D eigenvalue weighted by Crippen LogP contribution is -2.46. The Bertz CT molecular complexity index is 467. The van der Waals surface area contributed by atoms with E-state index in [0.29, 0.717) is 11.6 Å². The number of nitrogens with one attached hydrogen (secondary N) is 2. The first-order valence-corrected chi connectivity index (χ1v) is 7.28. The lowest BCUT2D eigenvalue weighted by atomic mass is 9.83. The van der Waals surface area contributed by atoms with Gasteiger partial charge in [-0.1, -0.05) is 24.6 Å². The molecule has 0 aliphatic carbocycles. The molecule has 110 valence electrons. The maximum atomic E-state index is 13.6. The van der Waals surface area contributed by atoms with Gasteiger partial charge in [0.05, 0.1) is 6.42 Å². The summed E-state index contributed by atoms with van der Waals surface area (Å²) in [5.41, 5.74) is 0.339. The fraction of sp³-hybridized carbons (Fsp3) is 0.533. The highest BCUT2D eigenvalue weighted by atomic mass is 35.5. The minimum absolute atomic E-state index is 0.0188. The average molecular weight is 299 g/mol. The standard InChI is InChI=1S/C15H20ClFN2O/c1-15(6-3-7-18-9-15)10-19-14(20)8-11-12(16)4-2-5-13(11)17/h2,4-5,18H,3,6-10H2,1H3,(H,19,20). The van der Waals surface area contributed by atoms with Crippen LogP contribution < -0.4 is 10.6 Å². The highest BCUT2D eigenvalue weighted by molar-refractivity contribution is 6.31. The SMILES string of the molecule is CC1(CNC(=O)Cc2c(F)cccc2Cl)CCCNC1. The molecule has 1 amide bonds. The molecule has 0 radical (unpaired) electrons. The van der Waals surface area contributed by atoms with Crippen molar-refractivity contribution < 1.29 is 9.18 Å². The zero-order chi connectivity index (χ0) is 14.6. The Hall–Kier alpha value is -1.13. The molecular weight excluding hydrogens is 279 g/mol. The third kappa shape index (κ3) is 3.93. The largest absolute Gasteiger partial charge is 0.355 e. The van der Waals surface area contributed by atoms with Crippen LogP contribution in [0.4, 0.5) is 4.39 Å². The molecule has 1 fully saturated rings. The summed E-state index contributed by atoms with van der Waals surface area (Å²) in [5.74, 6) is -0.623. The van der Waals surface area contributed by atoms with Crippen molar-refractivity contribution in [2.45, 2.75) is 26.2 Å². The van der Waals surface area contributed by atoms with E-state index in [0.717, 1.165) is 25.9 Å². The fourth-order valence-electron chi connectivity index (χ4n) is 2.51. The van der Waals surface area contributed by atoms with Crippen molar-refractivity contribution in [1.29, 1.82) is 0 Å². The van der Waals surface area contributed by atoms with Crippen molar-refractivity contribution in [3.63, 3.8) is 0 Å². The molecule has 3 nitrogen and oxygen atoms in total. The van der Waals surface area contributed by atoms with Gasteiger partial charge in [0.2, 0.25) is 5.91 Å². The molecule has 0 aromatic heterocycles. The predicted octanol–water partition coefficient (Wildman–Crippen LogP) is 2.53. The second-order valence-corrected chi connectivity index (χ2v) is 6.15. The maximum absolute atomic E-state index is 13.6. The smallest absolute Gasteiger partial charge is 0.224 e. The van der Waals surface area contributed by atoms with Crippen LogP contribution in [0.15, 0.2) is 18.2 Å². The number of amides is 1. The Morgan fingerprint density at radius 1 is 1.55 bits per heavy atom. The van der Waals surface area contributed by atoms with Gasteiger partial charge in [-0.05, 0) is 36.9 Å². The predicted molar refractivity (Wildman–Crippen MR) is 78.3 cm³/mol. The van der Waals surface area contributed by atoms with Crippen LogP contribution in [0.25, 0.3) is 0 Å². The molecule has 1 atom stereocenters. The normalized spacial score (nSPS) is 22.6. The van der Waals surface area contributed by atoms with Crippen LogP contribution in [0.1, 0.15) is 25.3 Å². The first-order valence-electron chi connectivity index (χ1n) is 6.90. The second kappa shape index (κ2) is 6.55.